The number of anilines is 1. The first-order valence-corrected chi connectivity index (χ1v) is 14.3. The Morgan fingerprint density at radius 1 is 0.952 bits per heavy atom. The number of urea groups is 1. The van der Waals surface area contributed by atoms with E-state index < -0.39 is 17.8 Å². The van der Waals surface area contributed by atoms with Crippen LogP contribution in [0, 0.1) is 0 Å². The van der Waals surface area contributed by atoms with E-state index in [0.29, 0.717) is 50.6 Å². The average molecular weight is 608 g/mol. The molecule has 0 atom stereocenters. The molecule has 0 spiro atoms. The number of ether oxygens (including phenoxy) is 3. The largest absolute Gasteiger partial charge is 0.493 e. The Hall–Kier alpha value is -3.77. The predicted octanol–water partition coefficient (Wildman–Crippen LogP) is 6.32. The highest BCUT2D eigenvalue weighted by atomic mass is 32.1. The lowest BCUT2D eigenvalue weighted by Crippen LogP contribution is -2.45. The highest BCUT2D eigenvalue weighted by molar-refractivity contribution is 7.09. The molecular formula is C30H36F3N3O5S. The Morgan fingerprint density at radius 3 is 2.31 bits per heavy atom. The highest BCUT2D eigenvalue weighted by Crippen LogP contribution is 2.30. The second kappa shape index (κ2) is 16.0. The molecule has 12 heteroatoms. The van der Waals surface area contributed by atoms with Crippen LogP contribution in [0.3, 0.4) is 0 Å². The van der Waals surface area contributed by atoms with Crippen molar-refractivity contribution in [1.82, 2.24) is 9.80 Å². The number of benzene rings is 2. The monoisotopic (exact) mass is 607 g/mol. The maximum Gasteiger partial charge on any atom is 0.416 e. The van der Waals surface area contributed by atoms with Gasteiger partial charge in [0.1, 0.15) is 6.54 Å². The van der Waals surface area contributed by atoms with Crippen molar-refractivity contribution in [2.24, 2.45) is 0 Å². The number of halogens is 3. The van der Waals surface area contributed by atoms with Gasteiger partial charge in [-0.3, -0.25) is 4.79 Å². The summed E-state index contributed by atoms with van der Waals surface area (Å²) in [5, 5.41) is 4.55. The van der Waals surface area contributed by atoms with Gasteiger partial charge >= 0.3 is 12.2 Å². The zero-order valence-electron chi connectivity index (χ0n) is 23.9. The number of hydrogen-bond acceptors (Lipinski definition) is 6. The SMILES string of the molecule is CCOCCCN(CC(=O)N(CCc1ccc(OC)c(OC)c1)Cc1cccs1)C(=O)Nc1ccc(C(F)(F)F)cc1. The lowest BCUT2D eigenvalue weighted by Gasteiger charge is -2.28. The van der Waals surface area contributed by atoms with E-state index in [1.54, 1.807) is 19.1 Å². The molecule has 228 valence electrons. The molecule has 3 rings (SSSR count). The van der Waals surface area contributed by atoms with Gasteiger partial charge in [0.25, 0.3) is 0 Å². The van der Waals surface area contributed by atoms with Crippen LogP contribution >= 0.6 is 11.3 Å². The van der Waals surface area contributed by atoms with Gasteiger partial charge in [-0.15, -0.1) is 11.3 Å². The van der Waals surface area contributed by atoms with Gasteiger partial charge in [0.2, 0.25) is 5.91 Å². The summed E-state index contributed by atoms with van der Waals surface area (Å²) in [5.74, 6) is 0.934. The molecular weight excluding hydrogens is 571 g/mol. The molecule has 3 aromatic rings. The minimum absolute atomic E-state index is 0.194. The highest BCUT2D eigenvalue weighted by Gasteiger charge is 2.30. The molecule has 3 amide bonds. The quantitative estimate of drug-likeness (QED) is 0.205. The first-order valence-electron chi connectivity index (χ1n) is 13.5. The minimum Gasteiger partial charge on any atom is -0.493 e. The van der Waals surface area contributed by atoms with Crippen LogP contribution in [-0.2, 0) is 28.7 Å². The van der Waals surface area contributed by atoms with E-state index in [2.05, 4.69) is 5.32 Å². The van der Waals surface area contributed by atoms with Crippen LogP contribution in [0.25, 0.3) is 0 Å². The third-order valence-corrected chi connectivity index (χ3v) is 7.26. The number of nitrogens with zero attached hydrogens (tertiary/aromatic N) is 2. The Morgan fingerprint density at radius 2 is 1.69 bits per heavy atom. The van der Waals surface area contributed by atoms with E-state index >= 15 is 0 Å². The smallest absolute Gasteiger partial charge is 0.416 e. The van der Waals surface area contributed by atoms with Gasteiger partial charge in [-0.1, -0.05) is 12.1 Å². The molecule has 0 radical (unpaired) electrons. The van der Waals surface area contributed by atoms with Crippen molar-refractivity contribution < 1.29 is 37.0 Å². The molecule has 8 nitrogen and oxygen atoms in total. The lowest BCUT2D eigenvalue weighted by molar-refractivity contribution is -0.137. The van der Waals surface area contributed by atoms with E-state index in [1.807, 2.05) is 42.6 Å². The van der Waals surface area contributed by atoms with Gasteiger partial charge in [-0.25, -0.2) is 4.79 Å². The van der Waals surface area contributed by atoms with Gasteiger partial charge in [0.15, 0.2) is 11.5 Å². The summed E-state index contributed by atoms with van der Waals surface area (Å²) in [7, 11) is 3.12. The minimum atomic E-state index is -4.48. The van der Waals surface area contributed by atoms with Crippen LogP contribution in [0.15, 0.2) is 60.0 Å². The van der Waals surface area contributed by atoms with Gasteiger partial charge in [0, 0.05) is 36.9 Å². The fourth-order valence-electron chi connectivity index (χ4n) is 4.15. The third-order valence-electron chi connectivity index (χ3n) is 6.40. The second-order valence-electron chi connectivity index (χ2n) is 9.31. The van der Waals surface area contributed by atoms with E-state index in [4.69, 9.17) is 14.2 Å². The van der Waals surface area contributed by atoms with E-state index in [-0.39, 0.29) is 24.7 Å². The summed E-state index contributed by atoms with van der Waals surface area (Å²) in [6.07, 6.45) is -3.46. The fraction of sp³-hybridized carbons (Fsp3) is 0.400. The van der Waals surface area contributed by atoms with Crippen LogP contribution in [0.1, 0.15) is 29.3 Å². The number of amides is 3. The van der Waals surface area contributed by atoms with Crippen LogP contribution in [0.5, 0.6) is 11.5 Å². The normalized spacial score (nSPS) is 11.2. The zero-order chi connectivity index (χ0) is 30.5. The Labute approximate surface area is 248 Å². The standard InChI is InChI=1S/C30H36F3N3O5S/c1-4-41-17-6-15-36(29(38)34-24-11-9-23(10-12-24)30(31,32)33)21-28(37)35(20-25-7-5-18-42-25)16-14-22-8-13-26(39-2)27(19-22)40-3/h5,7-13,18-19H,4,6,14-17,20-21H2,1-3H3,(H,34,38). The van der Waals surface area contributed by atoms with Crippen LogP contribution in [0.2, 0.25) is 0 Å². The van der Waals surface area contributed by atoms with Crippen molar-refractivity contribution in [3.05, 3.63) is 76.0 Å². The summed E-state index contributed by atoms with van der Waals surface area (Å²) in [6, 6.07) is 13.0. The molecule has 0 unspecified atom stereocenters. The van der Waals surface area contributed by atoms with Gasteiger partial charge < -0.3 is 29.3 Å². The van der Waals surface area contributed by atoms with Crippen molar-refractivity contribution in [2.75, 3.05) is 52.4 Å². The summed E-state index contributed by atoms with van der Waals surface area (Å²) in [6.45, 7) is 3.54. The van der Waals surface area contributed by atoms with Crippen molar-refractivity contribution in [1.29, 1.82) is 0 Å². The van der Waals surface area contributed by atoms with Gasteiger partial charge in [-0.05, 0) is 73.2 Å². The molecule has 0 saturated carbocycles. The Balaban J connectivity index is 1.74. The van der Waals surface area contributed by atoms with Crippen LogP contribution in [-0.4, -0.2) is 68.8 Å². The van der Waals surface area contributed by atoms with Crippen molar-refractivity contribution in [2.45, 2.75) is 32.5 Å². The molecule has 1 aromatic heterocycles. The van der Waals surface area contributed by atoms with Crippen LogP contribution < -0.4 is 14.8 Å². The molecule has 0 saturated heterocycles. The van der Waals surface area contributed by atoms with E-state index in [1.165, 1.54) is 28.4 Å². The molecule has 0 fully saturated rings. The number of hydrogen-bond donors (Lipinski definition) is 1. The maximum atomic E-state index is 13.6. The molecule has 42 heavy (non-hydrogen) atoms. The number of carbonyl (C=O) groups excluding carboxylic acids is 2. The van der Waals surface area contributed by atoms with Crippen LogP contribution in [0.4, 0.5) is 23.7 Å². The first kappa shape index (κ1) is 32.7. The third kappa shape index (κ3) is 9.95. The predicted molar refractivity (Wildman–Crippen MR) is 156 cm³/mol. The molecule has 2 aromatic carbocycles. The summed E-state index contributed by atoms with van der Waals surface area (Å²) < 4.78 is 55.0. The number of alkyl halides is 3. The summed E-state index contributed by atoms with van der Waals surface area (Å²) >= 11 is 1.53. The van der Waals surface area contributed by atoms with E-state index in [0.717, 1.165) is 22.6 Å². The van der Waals surface area contributed by atoms with Crippen molar-refractivity contribution in [3.63, 3.8) is 0 Å². The zero-order valence-corrected chi connectivity index (χ0v) is 24.7. The second-order valence-corrected chi connectivity index (χ2v) is 10.3. The number of methoxy groups -OCH3 is 2. The Kier molecular flexibility index (Phi) is 12.5. The lowest BCUT2D eigenvalue weighted by atomic mass is 10.1. The number of thiophene rings is 1. The van der Waals surface area contributed by atoms with Crippen molar-refractivity contribution in [3.8, 4) is 11.5 Å². The molecule has 0 aliphatic heterocycles. The van der Waals surface area contributed by atoms with Gasteiger partial charge in [-0.2, -0.15) is 13.2 Å². The van der Waals surface area contributed by atoms with E-state index in [9.17, 15) is 22.8 Å². The molecule has 0 bridgehead atoms. The summed E-state index contributed by atoms with van der Waals surface area (Å²) in [5.41, 5.74) is 0.326. The summed E-state index contributed by atoms with van der Waals surface area (Å²) in [4.78, 5) is 30.9. The molecule has 0 aliphatic rings. The fourth-order valence-corrected chi connectivity index (χ4v) is 4.86. The van der Waals surface area contributed by atoms with Gasteiger partial charge in [0.05, 0.1) is 26.3 Å². The topological polar surface area (TPSA) is 80.3 Å². The Bertz CT molecular complexity index is 1270. The maximum absolute atomic E-state index is 13.6. The van der Waals surface area contributed by atoms with Crippen molar-refractivity contribution >= 4 is 29.0 Å². The number of carbonyl (C=O) groups is 2. The number of rotatable bonds is 15. The number of nitrogens with one attached hydrogen (secondary N) is 1. The average Bonchev–Trinajstić information content (AvgIpc) is 3.49. The molecule has 0 aliphatic carbocycles. The first-order chi connectivity index (χ1) is 20.1. The molecule has 1 N–H and O–H groups in total. The molecule has 1 heterocycles.